The van der Waals surface area contributed by atoms with E-state index in [2.05, 4.69) is 14.7 Å². The predicted octanol–water partition coefficient (Wildman–Crippen LogP) is 6.16. The Hall–Kier alpha value is -2.62. The van der Waals surface area contributed by atoms with E-state index in [1.807, 2.05) is 19.1 Å². The summed E-state index contributed by atoms with van der Waals surface area (Å²) in [5.41, 5.74) is 0.154. The first-order valence-electron chi connectivity index (χ1n) is 10.1. The fraction of sp³-hybridized carbons (Fsp3) is 0.217. The zero-order valence-electron chi connectivity index (χ0n) is 17.5. The van der Waals surface area contributed by atoms with Crippen molar-refractivity contribution in [3.05, 3.63) is 77.5 Å². The number of pyridine rings is 1. The number of hydrogen-bond acceptors (Lipinski definition) is 4. The first-order valence-corrected chi connectivity index (χ1v) is 12.3. The maximum absolute atomic E-state index is 13.4. The molecular formula is C23H16Cl2F3N3O2S. The van der Waals surface area contributed by atoms with Crippen LogP contribution >= 0.6 is 23.2 Å². The molecule has 0 amide bonds. The summed E-state index contributed by atoms with van der Waals surface area (Å²) < 4.78 is 68.6. The van der Waals surface area contributed by atoms with Crippen molar-refractivity contribution < 1.29 is 21.6 Å². The van der Waals surface area contributed by atoms with Crippen LogP contribution < -0.4 is 5.32 Å². The smallest absolute Gasteiger partial charge is 0.339 e. The van der Waals surface area contributed by atoms with Crippen molar-refractivity contribution in [2.75, 3.05) is 5.32 Å². The molecule has 1 atom stereocenters. The molecule has 1 aromatic heterocycles. The molecule has 176 valence electrons. The molecular weight excluding hydrogens is 510 g/mol. The summed E-state index contributed by atoms with van der Waals surface area (Å²) >= 11 is 12.5. The highest BCUT2D eigenvalue weighted by Gasteiger charge is 2.63. The van der Waals surface area contributed by atoms with Gasteiger partial charge >= 0.3 is 6.18 Å². The van der Waals surface area contributed by atoms with Crippen molar-refractivity contribution in [3.63, 3.8) is 0 Å². The zero-order valence-corrected chi connectivity index (χ0v) is 19.8. The maximum Gasteiger partial charge on any atom is 0.418 e. The third-order valence-electron chi connectivity index (χ3n) is 6.16. The summed E-state index contributed by atoms with van der Waals surface area (Å²) in [5, 5.41) is 2.98. The molecule has 0 bridgehead atoms. The molecule has 1 aliphatic carbocycles. The quantitative estimate of drug-likeness (QED) is 0.415. The van der Waals surface area contributed by atoms with Crippen molar-refractivity contribution in [1.29, 1.82) is 0 Å². The van der Waals surface area contributed by atoms with Crippen LogP contribution in [0.5, 0.6) is 0 Å². The van der Waals surface area contributed by atoms with E-state index in [1.165, 1.54) is 24.4 Å². The van der Waals surface area contributed by atoms with Crippen LogP contribution in [-0.2, 0) is 21.6 Å². The topological polar surface area (TPSA) is 71.4 Å². The Morgan fingerprint density at radius 2 is 1.74 bits per heavy atom. The van der Waals surface area contributed by atoms with Gasteiger partial charge in [-0.05, 0) is 48.4 Å². The number of benzene rings is 2. The highest BCUT2D eigenvalue weighted by Crippen LogP contribution is 2.64. The molecule has 3 aromatic rings. The Kier molecular flexibility index (Phi) is 5.06. The van der Waals surface area contributed by atoms with Gasteiger partial charge in [-0.3, -0.25) is 4.98 Å². The van der Waals surface area contributed by atoms with Crippen molar-refractivity contribution in [3.8, 4) is 11.3 Å². The van der Waals surface area contributed by atoms with Crippen molar-refractivity contribution in [2.24, 2.45) is 4.40 Å². The number of aromatic nitrogens is 1. The molecule has 11 heteroatoms. The average molecular weight is 526 g/mol. The van der Waals surface area contributed by atoms with Gasteiger partial charge in [0.25, 0.3) is 10.0 Å². The SMILES string of the molecule is CC1(c2ccc(NC3=NS(=O)(=O)c4cc(-c5ncccc5C(F)(F)F)ccc43)cc2)CC1(Cl)Cl. The molecule has 2 heterocycles. The summed E-state index contributed by atoms with van der Waals surface area (Å²) in [6.07, 6.45) is -2.79. The van der Waals surface area contributed by atoms with E-state index in [1.54, 1.807) is 12.1 Å². The third kappa shape index (κ3) is 3.76. The van der Waals surface area contributed by atoms with E-state index in [4.69, 9.17) is 23.2 Å². The maximum atomic E-state index is 13.4. The molecule has 1 N–H and O–H groups in total. The number of amidine groups is 1. The zero-order chi connectivity index (χ0) is 24.5. The molecule has 2 aromatic carbocycles. The standard InChI is InChI=1S/C23H16Cl2F3N3O2S/c1-21(12-22(21,24)25)14-5-7-15(8-6-14)30-20-16-9-4-13(11-18(16)34(32,33)31-20)19-17(23(26,27)28)3-2-10-29-19/h2-11H,12H2,1H3,(H,30,31). The first-order chi connectivity index (χ1) is 15.8. The largest absolute Gasteiger partial charge is 0.418 e. The highest BCUT2D eigenvalue weighted by atomic mass is 35.5. The van der Waals surface area contributed by atoms with Crippen LogP contribution in [-0.4, -0.2) is 23.6 Å². The van der Waals surface area contributed by atoms with E-state index in [0.29, 0.717) is 12.1 Å². The number of anilines is 1. The number of fused-ring (bicyclic) bond motifs is 1. The number of hydrogen-bond donors (Lipinski definition) is 1. The summed E-state index contributed by atoms with van der Waals surface area (Å²) in [6.45, 7) is 1.96. The van der Waals surface area contributed by atoms with Crippen LogP contribution in [0.15, 0.2) is 70.1 Å². The van der Waals surface area contributed by atoms with Crippen LogP contribution in [0.3, 0.4) is 0 Å². The van der Waals surface area contributed by atoms with Gasteiger partial charge in [0, 0.05) is 28.4 Å². The van der Waals surface area contributed by atoms with Crippen LogP contribution in [0.1, 0.15) is 30.0 Å². The summed E-state index contributed by atoms with van der Waals surface area (Å²) in [5.74, 6) is 0.0769. The number of nitrogens with one attached hydrogen (secondary N) is 1. The molecule has 5 rings (SSSR count). The number of alkyl halides is 5. The molecule has 2 aliphatic rings. The lowest BCUT2D eigenvalue weighted by Crippen LogP contribution is -2.13. The lowest BCUT2D eigenvalue weighted by atomic mass is 9.98. The van der Waals surface area contributed by atoms with Crippen LogP contribution in [0.25, 0.3) is 11.3 Å². The summed E-state index contributed by atoms with van der Waals surface area (Å²) in [6, 6.07) is 13.3. The van der Waals surface area contributed by atoms with Crippen molar-refractivity contribution >= 4 is 44.7 Å². The van der Waals surface area contributed by atoms with Gasteiger partial charge < -0.3 is 5.32 Å². The van der Waals surface area contributed by atoms with Crippen molar-refractivity contribution in [1.82, 2.24) is 4.98 Å². The van der Waals surface area contributed by atoms with E-state index >= 15 is 0 Å². The minimum absolute atomic E-state index is 0.0272. The van der Waals surface area contributed by atoms with Gasteiger partial charge in [0.15, 0.2) is 5.84 Å². The fourth-order valence-corrected chi connectivity index (χ4v) is 5.98. The van der Waals surface area contributed by atoms with Gasteiger partial charge in [-0.15, -0.1) is 27.6 Å². The lowest BCUT2D eigenvalue weighted by Gasteiger charge is -2.14. The normalized spacial score (nSPS) is 22.1. The Bertz CT molecular complexity index is 1460. The summed E-state index contributed by atoms with van der Waals surface area (Å²) in [4.78, 5) is 3.64. The van der Waals surface area contributed by atoms with Crippen molar-refractivity contribution in [2.45, 2.75) is 34.2 Å². The summed E-state index contributed by atoms with van der Waals surface area (Å²) in [7, 11) is -4.11. The van der Waals surface area contributed by atoms with Gasteiger partial charge in [-0.1, -0.05) is 25.1 Å². The molecule has 1 unspecified atom stereocenters. The molecule has 0 radical (unpaired) electrons. The molecule has 5 nitrogen and oxygen atoms in total. The fourth-order valence-electron chi connectivity index (χ4n) is 4.02. The second-order valence-electron chi connectivity index (χ2n) is 8.44. The molecule has 0 spiro atoms. The molecule has 0 saturated heterocycles. The van der Waals surface area contributed by atoms with E-state index < -0.39 is 26.1 Å². The number of rotatable bonds is 3. The van der Waals surface area contributed by atoms with Gasteiger partial charge in [-0.2, -0.15) is 21.6 Å². The minimum Gasteiger partial charge on any atom is -0.339 e. The molecule has 1 saturated carbocycles. The number of nitrogens with zero attached hydrogens (tertiary/aromatic N) is 2. The van der Waals surface area contributed by atoms with Crippen LogP contribution in [0.2, 0.25) is 0 Å². The first kappa shape index (κ1) is 23.1. The van der Waals surface area contributed by atoms with E-state index in [0.717, 1.165) is 17.7 Å². The predicted molar refractivity (Wildman–Crippen MR) is 125 cm³/mol. The molecule has 1 aliphatic heterocycles. The van der Waals surface area contributed by atoms with Gasteiger partial charge in [0.2, 0.25) is 0 Å². The monoisotopic (exact) mass is 525 g/mol. The Balaban J connectivity index is 1.46. The Labute approximate surface area is 203 Å². The molecule has 1 fully saturated rings. The second-order valence-corrected chi connectivity index (χ2v) is 11.5. The number of halogens is 5. The van der Waals surface area contributed by atoms with Crippen LogP contribution in [0, 0.1) is 0 Å². The second kappa shape index (κ2) is 7.44. The number of sulfonamides is 1. The van der Waals surface area contributed by atoms with Gasteiger partial charge in [0.05, 0.1) is 11.3 Å². The Morgan fingerprint density at radius 3 is 2.35 bits per heavy atom. The lowest BCUT2D eigenvalue weighted by molar-refractivity contribution is -0.137. The van der Waals surface area contributed by atoms with E-state index in [9.17, 15) is 21.6 Å². The molecule has 34 heavy (non-hydrogen) atoms. The minimum atomic E-state index is -4.64. The van der Waals surface area contributed by atoms with E-state index in [-0.39, 0.29) is 33.0 Å². The van der Waals surface area contributed by atoms with Gasteiger partial charge in [-0.25, -0.2) is 0 Å². The average Bonchev–Trinajstić information content (AvgIpc) is 3.19. The Morgan fingerprint density at radius 1 is 1.06 bits per heavy atom. The highest BCUT2D eigenvalue weighted by molar-refractivity contribution is 7.90. The van der Waals surface area contributed by atoms with Gasteiger partial charge in [0.1, 0.15) is 9.23 Å². The third-order valence-corrected chi connectivity index (χ3v) is 8.57. The van der Waals surface area contributed by atoms with Crippen LogP contribution in [0.4, 0.5) is 18.9 Å².